The average Bonchev–Trinajstić information content (AvgIpc) is 2.81. The number of hydrogen-bond acceptors (Lipinski definition) is 2. The first-order chi connectivity index (χ1) is 6.37. The molecule has 0 aromatic carbocycles. The SMILES string of the molecule is CN(CCC(C)(C)C)CC1(CN)CC1. The van der Waals surface area contributed by atoms with Gasteiger partial charge in [-0.15, -0.1) is 0 Å². The Balaban J connectivity index is 2.19. The lowest BCUT2D eigenvalue weighted by molar-refractivity contribution is 0.227. The van der Waals surface area contributed by atoms with Crippen LogP contribution in [0.25, 0.3) is 0 Å². The van der Waals surface area contributed by atoms with Crippen molar-refractivity contribution in [3.63, 3.8) is 0 Å². The van der Waals surface area contributed by atoms with E-state index < -0.39 is 0 Å². The second kappa shape index (κ2) is 4.19. The minimum absolute atomic E-state index is 0.452. The van der Waals surface area contributed by atoms with E-state index in [1.54, 1.807) is 0 Å². The molecule has 1 rings (SSSR count). The molecule has 0 saturated heterocycles. The third-order valence-corrected chi connectivity index (χ3v) is 3.24. The van der Waals surface area contributed by atoms with Crippen LogP contribution in [0.5, 0.6) is 0 Å². The summed E-state index contributed by atoms with van der Waals surface area (Å²) in [6.07, 6.45) is 3.94. The van der Waals surface area contributed by atoms with Gasteiger partial charge in [-0.1, -0.05) is 20.8 Å². The summed E-state index contributed by atoms with van der Waals surface area (Å²) in [4.78, 5) is 2.45. The Morgan fingerprint density at radius 1 is 1.29 bits per heavy atom. The molecule has 0 aliphatic heterocycles. The lowest BCUT2D eigenvalue weighted by Crippen LogP contribution is -2.33. The Kier molecular flexibility index (Phi) is 3.59. The summed E-state index contributed by atoms with van der Waals surface area (Å²) in [7, 11) is 2.22. The van der Waals surface area contributed by atoms with E-state index in [1.165, 1.54) is 32.4 Å². The van der Waals surface area contributed by atoms with Gasteiger partial charge in [0.05, 0.1) is 0 Å². The highest BCUT2D eigenvalue weighted by Crippen LogP contribution is 2.44. The van der Waals surface area contributed by atoms with Crippen LogP contribution < -0.4 is 5.73 Å². The van der Waals surface area contributed by atoms with Crippen LogP contribution in [-0.2, 0) is 0 Å². The monoisotopic (exact) mass is 198 g/mol. The maximum Gasteiger partial charge on any atom is 0.00470 e. The molecular weight excluding hydrogens is 172 g/mol. The predicted octanol–water partition coefficient (Wildman–Crippen LogP) is 2.09. The number of nitrogens with two attached hydrogens (primary N) is 1. The molecule has 14 heavy (non-hydrogen) atoms. The van der Waals surface area contributed by atoms with Gasteiger partial charge in [0, 0.05) is 6.54 Å². The molecule has 0 aromatic heterocycles. The van der Waals surface area contributed by atoms with Crippen molar-refractivity contribution in [3.05, 3.63) is 0 Å². The fraction of sp³-hybridized carbons (Fsp3) is 1.00. The molecule has 0 unspecified atom stereocenters. The van der Waals surface area contributed by atoms with Crippen molar-refractivity contribution in [2.24, 2.45) is 16.6 Å². The summed E-state index contributed by atoms with van der Waals surface area (Å²) in [5, 5.41) is 0. The molecule has 84 valence electrons. The van der Waals surface area contributed by atoms with E-state index in [0.717, 1.165) is 6.54 Å². The quantitative estimate of drug-likeness (QED) is 0.733. The van der Waals surface area contributed by atoms with E-state index >= 15 is 0 Å². The van der Waals surface area contributed by atoms with Gasteiger partial charge in [-0.2, -0.15) is 0 Å². The summed E-state index contributed by atoms with van der Waals surface area (Å²) in [6, 6.07) is 0. The zero-order valence-electron chi connectivity index (χ0n) is 10.3. The highest BCUT2D eigenvalue weighted by atomic mass is 15.1. The summed E-state index contributed by atoms with van der Waals surface area (Å²) >= 11 is 0. The molecule has 2 heteroatoms. The maximum atomic E-state index is 5.77. The fourth-order valence-corrected chi connectivity index (χ4v) is 1.78. The van der Waals surface area contributed by atoms with Crippen LogP contribution in [-0.4, -0.2) is 31.6 Å². The van der Waals surface area contributed by atoms with Crippen LogP contribution in [0.2, 0.25) is 0 Å². The number of nitrogens with zero attached hydrogens (tertiary/aromatic N) is 1. The molecular formula is C12H26N2. The van der Waals surface area contributed by atoms with Crippen molar-refractivity contribution in [2.45, 2.75) is 40.0 Å². The molecule has 0 bridgehead atoms. The normalized spacial score (nSPS) is 20.1. The molecule has 1 saturated carbocycles. The molecule has 1 fully saturated rings. The predicted molar refractivity (Wildman–Crippen MR) is 62.3 cm³/mol. The van der Waals surface area contributed by atoms with E-state index in [-0.39, 0.29) is 0 Å². The maximum absolute atomic E-state index is 5.77. The average molecular weight is 198 g/mol. The largest absolute Gasteiger partial charge is 0.330 e. The molecule has 0 spiro atoms. The highest BCUT2D eigenvalue weighted by Gasteiger charge is 2.41. The van der Waals surface area contributed by atoms with Gasteiger partial charge >= 0.3 is 0 Å². The van der Waals surface area contributed by atoms with Crippen LogP contribution in [0.3, 0.4) is 0 Å². The van der Waals surface area contributed by atoms with E-state index in [0.29, 0.717) is 10.8 Å². The molecule has 0 amide bonds. The topological polar surface area (TPSA) is 29.3 Å². The van der Waals surface area contributed by atoms with Crippen molar-refractivity contribution >= 4 is 0 Å². The smallest absolute Gasteiger partial charge is 0.00470 e. The van der Waals surface area contributed by atoms with Crippen molar-refractivity contribution in [1.29, 1.82) is 0 Å². The van der Waals surface area contributed by atoms with E-state index in [9.17, 15) is 0 Å². The Morgan fingerprint density at radius 3 is 2.21 bits per heavy atom. The second-order valence-electron chi connectivity index (χ2n) is 6.25. The van der Waals surface area contributed by atoms with E-state index in [4.69, 9.17) is 5.73 Å². The third-order valence-electron chi connectivity index (χ3n) is 3.24. The number of rotatable bonds is 5. The van der Waals surface area contributed by atoms with Crippen LogP contribution in [0, 0.1) is 10.8 Å². The molecule has 1 aliphatic carbocycles. The van der Waals surface area contributed by atoms with Gasteiger partial charge in [0.25, 0.3) is 0 Å². The first kappa shape index (κ1) is 12.0. The zero-order chi connectivity index (χ0) is 10.8. The molecule has 1 aliphatic rings. The number of hydrogen-bond donors (Lipinski definition) is 1. The Morgan fingerprint density at radius 2 is 1.86 bits per heavy atom. The zero-order valence-corrected chi connectivity index (χ0v) is 10.3. The van der Waals surface area contributed by atoms with Crippen molar-refractivity contribution < 1.29 is 0 Å². The van der Waals surface area contributed by atoms with Crippen LogP contribution in [0.15, 0.2) is 0 Å². The molecule has 2 N–H and O–H groups in total. The summed E-state index contributed by atoms with van der Waals surface area (Å²) in [5.41, 5.74) is 6.72. The van der Waals surface area contributed by atoms with Gasteiger partial charge < -0.3 is 10.6 Å². The Bertz CT molecular complexity index is 177. The van der Waals surface area contributed by atoms with Crippen molar-refractivity contribution in [2.75, 3.05) is 26.7 Å². The molecule has 0 atom stereocenters. The van der Waals surface area contributed by atoms with Gasteiger partial charge in [0.2, 0.25) is 0 Å². The van der Waals surface area contributed by atoms with Gasteiger partial charge in [-0.25, -0.2) is 0 Å². The van der Waals surface area contributed by atoms with Crippen molar-refractivity contribution in [3.8, 4) is 0 Å². The van der Waals surface area contributed by atoms with Gasteiger partial charge in [0.15, 0.2) is 0 Å². The Labute approximate surface area is 88.8 Å². The standard InChI is InChI=1S/C12H26N2/c1-11(2,3)7-8-14(4)10-12(9-13)5-6-12/h5-10,13H2,1-4H3. The van der Waals surface area contributed by atoms with Crippen molar-refractivity contribution in [1.82, 2.24) is 4.90 Å². The lowest BCUT2D eigenvalue weighted by atomic mass is 9.92. The Hall–Kier alpha value is -0.0800. The van der Waals surface area contributed by atoms with E-state index in [2.05, 4.69) is 32.7 Å². The molecule has 2 nitrogen and oxygen atoms in total. The van der Waals surface area contributed by atoms with Crippen LogP contribution >= 0.6 is 0 Å². The minimum atomic E-state index is 0.452. The molecule has 0 radical (unpaired) electrons. The highest BCUT2D eigenvalue weighted by molar-refractivity contribution is 4.95. The van der Waals surface area contributed by atoms with Crippen LogP contribution in [0.1, 0.15) is 40.0 Å². The minimum Gasteiger partial charge on any atom is -0.330 e. The first-order valence-corrected chi connectivity index (χ1v) is 5.76. The van der Waals surface area contributed by atoms with Gasteiger partial charge in [-0.05, 0) is 50.2 Å². The van der Waals surface area contributed by atoms with Gasteiger partial charge in [-0.3, -0.25) is 0 Å². The van der Waals surface area contributed by atoms with Crippen LogP contribution in [0.4, 0.5) is 0 Å². The van der Waals surface area contributed by atoms with Gasteiger partial charge in [0.1, 0.15) is 0 Å². The summed E-state index contributed by atoms with van der Waals surface area (Å²) in [6.45, 7) is 10.2. The summed E-state index contributed by atoms with van der Waals surface area (Å²) in [5.74, 6) is 0. The van der Waals surface area contributed by atoms with E-state index in [1.807, 2.05) is 0 Å². The molecule has 0 aromatic rings. The third kappa shape index (κ3) is 3.97. The lowest BCUT2D eigenvalue weighted by Gasteiger charge is -2.26. The summed E-state index contributed by atoms with van der Waals surface area (Å²) < 4.78 is 0. The molecule has 0 heterocycles. The fourth-order valence-electron chi connectivity index (χ4n) is 1.78. The first-order valence-electron chi connectivity index (χ1n) is 5.76. The second-order valence-corrected chi connectivity index (χ2v) is 6.25.